The van der Waals surface area contributed by atoms with Gasteiger partial charge in [0.25, 0.3) is 5.91 Å². The molecule has 1 aliphatic heterocycles. The number of amides is 2. The molecule has 25 heavy (non-hydrogen) atoms. The minimum absolute atomic E-state index is 0.00312. The molecule has 4 rings (SSSR count). The van der Waals surface area contributed by atoms with E-state index in [2.05, 4.69) is 10.3 Å². The van der Waals surface area contributed by atoms with Crippen molar-refractivity contribution in [1.29, 1.82) is 0 Å². The molecule has 2 heterocycles. The summed E-state index contributed by atoms with van der Waals surface area (Å²) in [5, 5.41) is 5.66. The minimum atomic E-state index is -0.172. The van der Waals surface area contributed by atoms with Crippen molar-refractivity contribution in [2.24, 2.45) is 5.92 Å². The molecule has 0 radical (unpaired) electrons. The Bertz CT molecular complexity index is 770. The number of carbonyl (C=O) groups excluding carboxylic acids is 2. The van der Waals surface area contributed by atoms with Crippen molar-refractivity contribution in [3.63, 3.8) is 0 Å². The molecule has 1 N–H and O–H groups in total. The lowest BCUT2D eigenvalue weighted by atomic mass is 9.96. The summed E-state index contributed by atoms with van der Waals surface area (Å²) in [6, 6.07) is 9.26. The van der Waals surface area contributed by atoms with Crippen LogP contribution in [0.15, 0.2) is 35.7 Å². The summed E-state index contributed by atoms with van der Waals surface area (Å²) in [4.78, 5) is 31.5. The quantitative estimate of drug-likeness (QED) is 0.913. The average molecular weight is 355 g/mol. The van der Waals surface area contributed by atoms with Gasteiger partial charge in [-0.15, -0.1) is 11.3 Å². The summed E-state index contributed by atoms with van der Waals surface area (Å²) < 4.78 is 0. The van der Waals surface area contributed by atoms with Crippen molar-refractivity contribution in [1.82, 2.24) is 9.88 Å². The van der Waals surface area contributed by atoms with Gasteiger partial charge in [-0.3, -0.25) is 9.59 Å². The lowest BCUT2D eigenvalue weighted by molar-refractivity contribution is -0.121. The number of carbonyl (C=O) groups is 2. The van der Waals surface area contributed by atoms with E-state index in [0.29, 0.717) is 29.7 Å². The van der Waals surface area contributed by atoms with Gasteiger partial charge < -0.3 is 10.2 Å². The Morgan fingerprint density at radius 1 is 1.16 bits per heavy atom. The highest BCUT2D eigenvalue weighted by Crippen LogP contribution is 2.40. The SMILES string of the molecule is O=C(Nc1nc(C2CC2)cs1)[C@H]1CCCN(C(=O)c2ccccc2)C1. The van der Waals surface area contributed by atoms with Gasteiger partial charge in [0.05, 0.1) is 11.6 Å². The first-order valence-electron chi connectivity index (χ1n) is 8.81. The molecule has 2 fully saturated rings. The van der Waals surface area contributed by atoms with Crippen LogP contribution in [0.5, 0.6) is 0 Å². The van der Waals surface area contributed by atoms with Gasteiger partial charge in [0.1, 0.15) is 0 Å². The van der Waals surface area contributed by atoms with Crippen LogP contribution in [0.3, 0.4) is 0 Å². The number of nitrogens with one attached hydrogen (secondary N) is 1. The number of anilines is 1. The van der Waals surface area contributed by atoms with Crippen LogP contribution >= 0.6 is 11.3 Å². The van der Waals surface area contributed by atoms with Crippen LogP contribution < -0.4 is 5.32 Å². The third-order valence-corrected chi connectivity index (χ3v) is 5.62. The molecule has 1 aromatic carbocycles. The van der Waals surface area contributed by atoms with Gasteiger partial charge in [-0.1, -0.05) is 18.2 Å². The summed E-state index contributed by atoms with van der Waals surface area (Å²) in [6.45, 7) is 1.18. The second-order valence-electron chi connectivity index (χ2n) is 6.80. The maximum atomic E-state index is 12.6. The Balaban J connectivity index is 1.38. The number of thiazole rings is 1. The molecule has 6 heteroatoms. The van der Waals surface area contributed by atoms with Crippen molar-refractivity contribution >= 4 is 28.3 Å². The van der Waals surface area contributed by atoms with Crippen molar-refractivity contribution in [2.45, 2.75) is 31.6 Å². The van der Waals surface area contributed by atoms with Gasteiger partial charge in [-0.05, 0) is 37.8 Å². The maximum absolute atomic E-state index is 12.6. The van der Waals surface area contributed by atoms with Crippen molar-refractivity contribution in [2.75, 3.05) is 18.4 Å². The Morgan fingerprint density at radius 3 is 2.72 bits per heavy atom. The molecular weight excluding hydrogens is 334 g/mol. The summed E-state index contributed by atoms with van der Waals surface area (Å²) in [6.07, 6.45) is 4.07. The number of rotatable bonds is 4. The number of likely N-dealkylation sites (tertiary alicyclic amines) is 1. The van der Waals surface area contributed by atoms with E-state index in [-0.39, 0.29) is 17.7 Å². The molecule has 0 spiro atoms. The lowest BCUT2D eigenvalue weighted by Gasteiger charge is -2.32. The summed E-state index contributed by atoms with van der Waals surface area (Å²) >= 11 is 1.49. The zero-order valence-corrected chi connectivity index (χ0v) is 14.8. The van der Waals surface area contributed by atoms with Gasteiger partial charge in [-0.2, -0.15) is 0 Å². The van der Waals surface area contributed by atoms with E-state index in [0.717, 1.165) is 18.5 Å². The molecule has 130 valence electrons. The first-order valence-corrected chi connectivity index (χ1v) is 9.69. The summed E-state index contributed by atoms with van der Waals surface area (Å²) in [5.41, 5.74) is 1.78. The zero-order chi connectivity index (χ0) is 17.2. The van der Waals surface area contributed by atoms with E-state index >= 15 is 0 Å². The van der Waals surface area contributed by atoms with E-state index in [4.69, 9.17) is 0 Å². The van der Waals surface area contributed by atoms with Crippen LogP contribution in [0.2, 0.25) is 0 Å². The van der Waals surface area contributed by atoms with Crippen LogP contribution in [-0.4, -0.2) is 34.8 Å². The van der Waals surface area contributed by atoms with Crippen molar-refractivity contribution < 1.29 is 9.59 Å². The largest absolute Gasteiger partial charge is 0.338 e. The average Bonchev–Trinajstić information content (AvgIpc) is 3.41. The molecular formula is C19H21N3O2S. The Kier molecular flexibility index (Phi) is 4.53. The molecule has 1 aliphatic carbocycles. The molecule has 0 bridgehead atoms. The van der Waals surface area contributed by atoms with E-state index < -0.39 is 0 Å². The third-order valence-electron chi connectivity index (χ3n) is 4.85. The van der Waals surface area contributed by atoms with Crippen LogP contribution in [0, 0.1) is 5.92 Å². The third kappa shape index (κ3) is 3.74. The standard InChI is InChI=1S/C19H21N3O2S/c23-17(21-19-20-16(12-25-19)13-8-9-13)15-7-4-10-22(11-15)18(24)14-5-2-1-3-6-14/h1-3,5-6,12-13,15H,4,7-11H2,(H,20,21,23)/t15-/m0/s1. The van der Waals surface area contributed by atoms with Crippen LogP contribution in [-0.2, 0) is 4.79 Å². The molecule has 5 nitrogen and oxygen atoms in total. The number of benzene rings is 1. The second kappa shape index (κ2) is 6.96. The number of hydrogen-bond acceptors (Lipinski definition) is 4. The topological polar surface area (TPSA) is 62.3 Å². The lowest BCUT2D eigenvalue weighted by Crippen LogP contribution is -2.43. The first kappa shape index (κ1) is 16.3. The fraction of sp³-hybridized carbons (Fsp3) is 0.421. The van der Waals surface area contributed by atoms with E-state index in [9.17, 15) is 9.59 Å². The fourth-order valence-corrected chi connectivity index (χ4v) is 4.05. The van der Waals surface area contributed by atoms with Gasteiger partial charge in [0, 0.05) is 30.0 Å². The number of hydrogen-bond donors (Lipinski definition) is 1. The Hall–Kier alpha value is -2.21. The van der Waals surface area contributed by atoms with Gasteiger partial charge >= 0.3 is 0 Å². The highest BCUT2D eigenvalue weighted by Gasteiger charge is 2.30. The van der Waals surface area contributed by atoms with E-state index in [1.165, 1.54) is 24.2 Å². The second-order valence-corrected chi connectivity index (χ2v) is 7.66. The number of piperidine rings is 1. The highest BCUT2D eigenvalue weighted by molar-refractivity contribution is 7.13. The number of nitrogens with zero attached hydrogens (tertiary/aromatic N) is 2. The predicted molar refractivity (Wildman–Crippen MR) is 97.8 cm³/mol. The smallest absolute Gasteiger partial charge is 0.253 e. The van der Waals surface area contributed by atoms with Crippen LogP contribution in [0.25, 0.3) is 0 Å². The molecule has 1 saturated heterocycles. The Morgan fingerprint density at radius 2 is 1.96 bits per heavy atom. The molecule has 2 aliphatic rings. The van der Waals surface area contributed by atoms with E-state index in [1.54, 1.807) is 4.90 Å². The first-order chi connectivity index (χ1) is 12.2. The maximum Gasteiger partial charge on any atom is 0.253 e. The molecule has 0 unspecified atom stereocenters. The molecule has 1 aromatic heterocycles. The molecule has 2 aromatic rings. The predicted octanol–water partition coefficient (Wildman–Crippen LogP) is 3.51. The van der Waals surface area contributed by atoms with E-state index in [1.807, 2.05) is 35.7 Å². The molecule has 2 amide bonds. The number of aromatic nitrogens is 1. The fourth-order valence-electron chi connectivity index (χ4n) is 3.26. The summed E-state index contributed by atoms with van der Waals surface area (Å²) in [7, 11) is 0. The van der Waals surface area contributed by atoms with Crippen LogP contribution in [0.1, 0.15) is 47.7 Å². The minimum Gasteiger partial charge on any atom is -0.338 e. The van der Waals surface area contributed by atoms with Crippen molar-refractivity contribution in [3.8, 4) is 0 Å². The van der Waals surface area contributed by atoms with Crippen molar-refractivity contribution in [3.05, 3.63) is 47.0 Å². The van der Waals surface area contributed by atoms with Crippen LogP contribution in [0.4, 0.5) is 5.13 Å². The normalized spacial score (nSPS) is 20.3. The molecule has 1 atom stereocenters. The zero-order valence-electron chi connectivity index (χ0n) is 14.0. The molecule has 1 saturated carbocycles. The van der Waals surface area contributed by atoms with Gasteiger partial charge in [0.2, 0.25) is 5.91 Å². The monoisotopic (exact) mass is 355 g/mol. The Labute approximate surface area is 151 Å². The van der Waals surface area contributed by atoms with Gasteiger partial charge in [0.15, 0.2) is 5.13 Å². The highest BCUT2D eigenvalue weighted by atomic mass is 32.1. The summed E-state index contributed by atoms with van der Waals surface area (Å²) in [5.74, 6) is 0.399. The van der Waals surface area contributed by atoms with Gasteiger partial charge in [-0.25, -0.2) is 4.98 Å².